The van der Waals surface area contributed by atoms with E-state index in [2.05, 4.69) is 20.8 Å². The van der Waals surface area contributed by atoms with Crippen LogP contribution in [-0.4, -0.2) is 0 Å². The Labute approximate surface area is 131 Å². The largest absolute Gasteiger partial charge is 0.207 e. The summed E-state index contributed by atoms with van der Waals surface area (Å²) in [6.07, 6.45) is 0. The van der Waals surface area contributed by atoms with E-state index in [1.165, 1.54) is 11.3 Å². The molecule has 0 amide bonds. The van der Waals surface area contributed by atoms with Gasteiger partial charge in [0.1, 0.15) is 11.6 Å². The van der Waals surface area contributed by atoms with Gasteiger partial charge in [0, 0.05) is 15.3 Å². The van der Waals surface area contributed by atoms with Crippen LogP contribution in [-0.2, 0) is 5.41 Å². The predicted octanol–water partition coefficient (Wildman–Crippen LogP) is 6.31. The maximum absolute atomic E-state index is 13.9. The minimum atomic E-state index is -0.720. The predicted molar refractivity (Wildman–Crippen MR) is 82.1 cm³/mol. The Morgan fingerprint density at radius 1 is 1.10 bits per heavy atom. The van der Waals surface area contributed by atoms with Crippen LogP contribution in [0.1, 0.15) is 41.5 Å². The van der Waals surface area contributed by atoms with Crippen LogP contribution < -0.4 is 0 Å². The molecule has 1 heterocycles. The molecule has 0 aliphatic carbocycles. The highest BCUT2D eigenvalue weighted by molar-refractivity contribution is 7.12. The fraction of sp³-hybridized carbons (Fsp3) is 0.333. The van der Waals surface area contributed by atoms with Crippen molar-refractivity contribution in [3.8, 4) is 0 Å². The third-order valence-electron chi connectivity index (χ3n) is 2.93. The van der Waals surface area contributed by atoms with Crippen LogP contribution in [0.3, 0.4) is 0 Å². The molecular weight excluding hydrogens is 321 g/mol. The van der Waals surface area contributed by atoms with Gasteiger partial charge in [0.2, 0.25) is 0 Å². The van der Waals surface area contributed by atoms with Gasteiger partial charge in [0.15, 0.2) is 0 Å². The first-order valence-corrected chi connectivity index (χ1v) is 7.72. The van der Waals surface area contributed by atoms with E-state index >= 15 is 0 Å². The van der Waals surface area contributed by atoms with Gasteiger partial charge in [0.25, 0.3) is 0 Å². The van der Waals surface area contributed by atoms with E-state index in [-0.39, 0.29) is 16.0 Å². The van der Waals surface area contributed by atoms with E-state index in [9.17, 15) is 8.78 Å². The Hall–Kier alpha value is -0.640. The molecular formula is C15H14Cl2F2S. The first-order valence-electron chi connectivity index (χ1n) is 6.09. The maximum Gasteiger partial charge on any atom is 0.142 e. The van der Waals surface area contributed by atoms with E-state index < -0.39 is 17.0 Å². The quantitative estimate of drug-likeness (QED) is 0.446. The van der Waals surface area contributed by atoms with E-state index in [1.807, 2.05) is 12.1 Å². The SMILES string of the molecule is CC(C)(C)c1ccc(C(Cl)c2cc(F)c(Cl)cc2F)s1. The van der Waals surface area contributed by atoms with Crippen molar-refractivity contribution in [1.29, 1.82) is 0 Å². The van der Waals surface area contributed by atoms with Crippen LogP contribution in [0.2, 0.25) is 5.02 Å². The van der Waals surface area contributed by atoms with Crippen LogP contribution in [0.5, 0.6) is 0 Å². The molecule has 0 aliphatic rings. The highest BCUT2D eigenvalue weighted by Crippen LogP contribution is 2.39. The lowest BCUT2D eigenvalue weighted by Crippen LogP contribution is -2.07. The minimum absolute atomic E-state index is 0.00329. The molecule has 0 bridgehead atoms. The second kappa shape index (κ2) is 5.63. The fourth-order valence-electron chi connectivity index (χ4n) is 1.78. The lowest BCUT2D eigenvalue weighted by molar-refractivity contribution is 0.588. The first kappa shape index (κ1) is 15.7. The first-order chi connectivity index (χ1) is 9.20. The summed E-state index contributed by atoms with van der Waals surface area (Å²) in [4.78, 5) is 1.94. The van der Waals surface area contributed by atoms with Gasteiger partial charge in [-0.25, -0.2) is 8.78 Å². The molecule has 2 rings (SSSR count). The Morgan fingerprint density at radius 2 is 1.75 bits per heavy atom. The lowest BCUT2D eigenvalue weighted by atomic mass is 9.95. The minimum Gasteiger partial charge on any atom is -0.207 e. The van der Waals surface area contributed by atoms with Gasteiger partial charge in [-0.1, -0.05) is 32.4 Å². The van der Waals surface area contributed by atoms with Crippen LogP contribution in [0.25, 0.3) is 0 Å². The summed E-state index contributed by atoms with van der Waals surface area (Å²) in [5, 5.41) is -0.959. The molecule has 5 heteroatoms. The summed E-state index contributed by atoms with van der Waals surface area (Å²) in [7, 11) is 0. The van der Waals surface area contributed by atoms with Gasteiger partial charge in [0.05, 0.1) is 10.4 Å². The number of rotatable bonds is 2. The molecule has 1 unspecified atom stereocenters. The Morgan fingerprint density at radius 3 is 2.30 bits per heavy atom. The monoisotopic (exact) mass is 334 g/mol. The van der Waals surface area contributed by atoms with Crippen LogP contribution >= 0.6 is 34.5 Å². The van der Waals surface area contributed by atoms with Crippen LogP contribution in [0.15, 0.2) is 24.3 Å². The number of halogens is 4. The summed E-state index contributed by atoms with van der Waals surface area (Å²) in [5.41, 5.74) is 0.111. The van der Waals surface area contributed by atoms with Gasteiger partial charge in [-0.3, -0.25) is 0 Å². The molecule has 0 N–H and O–H groups in total. The molecule has 1 aromatic heterocycles. The molecule has 0 spiro atoms. The lowest BCUT2D eigenvalue weighted by Gasteiger charge is -2.16. The maximum atomic E-state index is 13.9. The smallest absolute Gasteiger partial charge is 0.142 e. The summed E-state index contributed by atoms with van der Waals surface area (Å²) < 4.78 is 27.4. The number of hydrogen-bond donors (Lipinski definition) is 0. The Balaban J connectivity index is 2.39. The van der Waals surface area contributed by atoms with Crippen molar-refractivity contribution in [2.45, 2.75) is 31.6 Å². The van der Waals surface area contributed by atoms with Crippen molar-refractivity contribution in [3.05, 3.63) is 56.2 Å². The van der Waals surface area contributed by atoms with Crippen molar-refractivity contribution in [3.63, 3.8) is 0 Å². The van der Waals surface area contributed by atoms with Crippen molar-refractivity contribution >= 4 is 34.5 Å². The van der Waals surface area contributed by atoms with Gasteiger partial charge in [-0.05, 0) is 29.7 Å². The van der Waals surface area contributed by atoms with Crippen LogP contribution in [0.4, 0.5) is 8.78 Å². The molecule has 1 atom stereocenters. The van der Waals surface area contributed by atoms with Gasteiger partial charge < -0.3 is 0 Å². The second-order valence-electron chi connectivity index (χ2n) is 5.60. The highest BCUT2D eigenvalue weighted by Gasteiger charge is 2.22. The third-order valence-corrected chi connectivity index (χ3v) is 5.39. The molecule has 1 aromatic carbocycles. The Kier molecular flexibility index (Phi) is 4.43. The summed E-state index contributed by atoms with van der Waals surface area (Å²) in [5.74, 6) is -1.26. The summed E-state index contributed by atoms with van der Waals surface area (Å²) >= 11 is 13.3. The molecule has 0 aliphatic heterocycles. The van der Waals surface area contributed by atoms with Gasteiger partial charge in [-0.2, -0.15) is 0 Å². The molecule has 0 fully saturated rings. The fourth-order valence-corrected chi connectivity index (χ4v) is 3.36. The standard InChI is InChI=1S/C15H14Cl2F2S/c1-15(2,3)13-5-4-12(20-13)14(17)8-6-11(19)9(16)7-10(8)18/h4-7,14H,1-3H3. The van der Waals surface area contributed by atoms with E-state index in [1.54, 1.807) is 0 Å². The molecule has 0 radical (unpaired) electrons. The number of hydrogen-bond acceptors (Lipinski definition) is 1. The van der Waals surface area contributed by atoms with Crippen molar-refractivity contribution in [2.24, 2.45) is 0 Å². The molecule has 108 valence electrons. The van der Waals surface area contributed by atoms with Gasteiger partial charge >= 0.3 is 0 Å². The molecule has 0 saturated heterocycles. The van der Waals surface area contributed by atoms with E-state index in [4.69, 9.17) is 23.2 Å². The van der Waals surface area contributed by atoms with E-state index in [0.717, 1.165) is 21.9 Å². The molecule has 0 saturated carbocycles. The number of alkyl halides is 1. The normalized spacial score (nSPS) is 13.6. The zero-order valence-corrected chi connectivity index (χ0v) is 13.6. The number of thiophene rings is 1. The van der Waals surface area contributed by atoms with Gasteiger partial charge in [-0.15, -0.1) is 22.9 Å². The zero-order valence-electron chi connectivity index (χ0n) is 11.3. The molecule has 20 heavy (non-hydrogen) atoms. The Bertz CT molecular complexity index is 629. The molecule has 0 nitrogen and oxygen atoms in total. The zero-order chi connectivity index (χ0) is 15.1. The summed E-state index contributed by atoms with van der Waals surface area (Å²) in [6, 6.07) is 5.85. The van der Waals surface area contributed by atoms with Crippen molar-refractivity contribution < 1.29 is 8.78 Å². The number of benzene rings is 1. The summed E-state index contributed by atoms with van der Waals surface area (Å²) in [6.45, 7) is 6.27. The average Bonchev–Trinajstić information content (AvgIpc) is 2.82. The van der Waals surface area contributed by atoms with Crippen molar-refractivity contribution in [2.75, 3.05) is 0 Å². The third kappa shape index (κ3) is 3.16. The van der Waals surface area contributed by atoms with Crippen LogP contribution in [0, 0.1) is 11.6 Å². The average molecular weight is 335 g/mol. The highest BCUT2D eigenvalue weighted by atomic mass is 35.5. The van der Waals surface area contributed by atoms with E-state index in [0.29, 0.717) is 0 Å². The molecule has 2 aromatic rings. The topological polar surface area (TPSA) is 0 Å². The van der Waals surface area contributed by atoms with Crippen molar-refractivity contribution in [1.82, 2.24) is 0 Å². The second-order valence-corrected chi connectivity index (χ2v) is 7.56.